The molecule has 0 unspecified atom stereocenters. The third kappa shape index (κ3) is 4.85. The van der Waals surface area contributed by atoms with Crippen LogP contribution in [0.5, 0.6) is 5.75 Å². The Bertz CT molecular complexity index is 897. The Hall–Kier alpha value is -2.52. The zero-order valence-corrected chi connectivity index (χ0v) is 16.8. The van der Waals surface area contributed by atoms with Crippen molar-refractivity contribution >= 4 is 35.2 Å². The Labute approximate surface area is 171 Å². The van der Waals surface area contributed by atoms with E-state index in [4.69, 9.17) is 16.3 Å². The van der Waals surface area contributed by atoms with Gasteiger partial charge in [-0.25, -0.2) is 0 Å². The lowest BCUT2D eigenvalue weighted by Gasteiger charge is -2.11. The summed E-state index contributed by atoms with van der Waals surface area (Å²) in [5, 5.41) is 9.45. The highest BCUT2D eigenvalue weighted by atomic mass is 35.5. The van der Waals surface area contributed by atoms with Gasteiger partial charge in [-0.2, -0.15) is 0 Å². The van der Waals surface area contributed by atoms with Gasteiger partial charge in [0, 0.05) is 17.5 Å². The van der Waals surface area contributed by atoms with Crippen LogP contribution >= 0.6 is 23.4 Å². The first-order valence-corrected chi connectivity index (χ1v) is 9.99. The monoisotopic (exact) mass is 421 g/mol. The van der Waals surface area contributed by atoms with Gasteiger partial charge in [-0.1, -0.05) is 29.4 Å². The van der Waals surface area contributed by atoms with Crippen LogP contribution in [-0.4, -0.2) is 39.4 Å². The molecule has 1 aromatic carbocycles. The van der Waals surface area contributed by atoms with Crippen LogP contribution in [0.4, 0.5) is 0 Å². The number of halogens is 1. The van der Waals surface area contributed by atoms with Crippen molar-refractivity contribution in [3.63, 3.8) is 0 Å². The summed E-state index contributed by atoms with van der Waals surface area (Å²) in [5.41, 5.74) is 4.97. The highest BCUT2D eigenvalue weighted by Gasteiger charge is 2.30. The average Bonchev–Trinajstić information content (AvgIpc) is 3.46. The SMILES string of the molecule is C=CCn1c(SCC(=O)NNC(=O)c2cc(Cl)ccc2OC)nnc1C1CC1. The van der Waals surface area contributed by atoms with E-state index in [2.05, 4.69) is 27.6 Å². The lowest BCUT2D eigenvalue weighted by Crippen LogP contribution is -2.42. The number of allylic oxidation sites excluding steroid dienone is 1. The summed E-state index contributed by atoms with van der Waals surface area (Å²) in [4.78, 5) is 24.4. The predicted molar refractivity (Wildman–Crippen MR) is 107 cm³/mol. The van der Waals surface area contributed by atoms with Crippen molar-refractivity contribution in [3.8, 4) is 5.75 Å². The van der Waals surface area contributed by atoms with Crippen LogP contribution in [0.2, 0.25) is 5.02 Å². The molecule has 0 aliphatic heterocycles. The third-order valence-corrected chi connectivity index (χ3v) is 5.26. The first-order chi connectivity index (χ1) is 13.5. The van der Waals surface area contributed by atoms with Crippen molar-refractivity contribution < 1.29 is 14.3 Å². The molecule has 10 heteroatoms. The predicted octanol–water partition coefficient (Wildman–Crippen LogP) is 2.56. The summed E-state index contributed by atoms with van der Waals surface area (Å²) < 4.78 is 7.10. The molecule has 1 heterocycles. The number of amides is 2. The maximum absolute atomic E-state index is 12.3. The van der Waals surface area contributed by atoms with E-state index < -0.39 is 5.91 Å². The Morgan fingerprint density at radius 3 is 2.86 bits per heavy atom. The molecule has 0 saturated heterocycles. The number of methoxy groups -OCH3 is 1. The summed E-state index contributed by atoms with van der Waals surface area (Å²) in [7, 11) is 1.45. The van der Waals surface area contributed by atoms with Crippen LogP contribution in [0.25, 0.3) is 0 Å². The average molecular weight is 422 g/mol. The second-order valence-electron chi connectivity index (χ2n) is 6.15. The topological polar surface area (TPSA) is 98.1 Å². The molecule has 1 saturated carbocycles. The van der Waals surface area contributed by atoms with Crippen molar-refractivity contribution in [2.45, 2.75) is 30.5 Å². The van der Waals surface area contributed by atoms with E-state index in [9.17, 15) is 9.59 Å². The van der Waals surface area contributed by atoms with Crippen molar-refractivity contribution in [2.75, 3.05) is 12.9 Å². The van der Waals surface area contributed by atoms with E-state index in [1.54, 1.807) is 18.2 Å². The van der Waals surface area contributed by atoms with Gasteiger partial charge in [0.15, 0.2) is 5.16 Å². The summed E-state index contributed by atoms with van der Waals surface area (Å²) in [5.74, 6) is 0.916. The Morgan fingerprint density at radius 1 is 1.39 bits per heavy atom. The Morgan fingerprint density at radius 2 is 2.18 bits per heavy atom. The number of nitrogens with one attached hydrogen (secondary N) is 2. The van der Waals surface area contributed by atoms with E-state index in [1.807, 2.05) is 4.57 Å². The first kappa shape index (κ1) is 20.2. The summed E-state index contributed by atoms with van der Waals surface area (Å²) in [6, 6.07) is 4.66. The maximum Gasteiger partial charge on any atom is 0.273 e. The number of hydrogen-bond donors (Lipinski definition) is 2. The molecule has 28 heavy (non-hydrogen) atoms. The minimum Gasteiger partial charge on any atom is -0.496 e. The van der Waals surface area contributed by atoms with E-state index >= 15 is 0 Å². The van der Waals surface area contributed by atoms with Gasteiger partial charge in [-0.3, -0.25) is 20.4 Å². The lowest BCUT2D eigenvalue weighted by atomic mass is 10.2. The van der Waals surface area contributed by atoms with Crippen LogP contribution < -0.4 is 15.6 Å². The van der Waals surface area contributed by atoms with Crippen molar-refractivity contribution in [1.82, 2.24) is 25.6 Å². The Balaban J connectivity index is 1.55. The van der Waals surface area contributed by atoms with Gasteiger partial charge in [0.05, 0.1) is 18.4 Å². The fourth-order valence-corrected chi connectivity index (χ4v) is 3.50. The number of hydrogen-bond acceptors (Lipinski definition) is 6. The molecular weight excluding hydrogens is 402 g/mol. The molecule has 1 aliphatic carbocycles. The molecule has 2 amide bonds. The van der Waals surface area contributed by atoms with Crippen LogP contribution in [0.15, 0.2) is 36.0 Å². The maximum atomic E-state index is 12.3. The minimum atomic E-state index is -0.524. The van der Waals surface area contributed by atoms with Crippen molar-refractivity contribution in [3.05, 3.63) is 47.3 Å². The zero-order valence-electron chi connectivity index (χ0n) is 15.3. The van der Waals surface area contributed by atoms with Crippen LogP contribution in [0, 0.1) is 0 Å². The molecule has 0 bridgehead atoms. The molecule has 8 nitrogen and oxygen atoms in total. The van der Waals surface area contributed by atoms with Gasteiger partial charge in [-0.05, 0) is 31.0 Å². The fraction of sp³-hybridized carbons (Fsp3) is 0.333. The number of carbonyl (C=O) groups is 2. The number of nitrogens with zero attached hydrogens (tertiary/aromatic N) is 3. The molecule has 0 atom stereocenters. The van der Waals surface area contributed by atoms with E-state index in [-0.39, 0.29) is 17.2 Å². The smallest absolute Gasteiger partial charge is 0.273 e. The van der Waals surface area contributed by atoms with E-state index in [0.29, 0.717) is 28.4 Å². The van der Waals surface area contributed by atoms with E-state index in [0.717, 1.165) is 18.7 Å². The van der Waals surface area contributed by atoms with E-state index in [1.165, 1.54) is 24.9 Å². The zero-order chi connectivity index (χ0) is 20.1. The molecule has 1 aliphatic rings. The highest BCUT2D eigenvalue weighted by molar-refractivity contribution is 7.99. The van der Waals surface area contributed by atoms with Crippen LogP contribution in [0.1, 0.15) is 34.9 Å². The molecule has 2 N–H and O–H groups in total. The number of thioether (sulfide) groups is 1. The number of carbonyl (C=O) groups excluding carboxylic acids is 2. The molecule has 3 rings (SSSR count). The van der Waals surface area contributed by atoms with Gasteiger partial charge >= 0.3 is 0 Å². The summed E-state index contributed by atoms with van der Waals surface area (Å²) in [6.45, 7) is 4.35. The molecule has 1 fully saturated rings. The number of aromatic nitrogens is 3. The molecule has 148 valence electrons. The number of benzene rings is 1. The summed E-state index contributed by atoms with van der Waals surface area (Å²) in [6.07, 6.45) is 4.00. The molecule has 0 radical (unpaired) electrons. The Kier molecular flexibility index (Phi) is 6.58. The quantitative estimate of drug-likeness (QED) is 0.386. The van der Waals surface area contributed by atoms with Crippen LogP contribution in [-0.2, 0) is 11.3 Å². The lowest BCUT2D eigenvalue weighted by molar-refractivity contribution is -0.119. The number of rotatable bonds is 8. The van der Waals surface area contributed by atoms with Crippen LogP contribution in [0.3, 0.4) is 0 Å². The van der Waals surface area contributed by atoms with Crippen molar-refractivity contribution in [2.24, 2.45) is 0 Å². The van der Waals surface area contributed by atoms with Gasteiger partial charge in [0.1, 0.15) is 11.6 Å². The van der Waals surface area contributed by atoms with Gasteiger partial charge in [-0.15, -0.1) is 16.8 Å². The second-order valence-corrected chi connectivity index (χ2v) is 7.53. The molecule has 1 aromatic heterocycles. The standard InChI is InChI=1S/C18H20ClN5O3S/c1-3-8-24-16(11-4-5-11)21-23-18(24)28-10-15(25)20-22-17(26)13-9-12(19)6-7-14(13)27-2/h3,6-7,9,11H,1,4-5,8,10H2,2H3,(H,20,25)(H,22,26). The highest BCUT2D eigenvalue weighted by Crippen LogP contribution is 2.40. The normalized spacial score (nSPS) is 13.1. The fourth-order valence-electron chi connectivity index (χ4n) is 2.57. The van der Waals surface area contributed by atoms with Gasteiger partial charge in [0.25, 0.3) is 5.91 Å². The van der Waals surface area contributed by atoms with Gasteiger partial charge < -0.3 is 9.30 Å². The molecule has 0 spiro atoms. The minimum absolute atomic E-state index is 0.0763. The largest absolute Gasteiger partial charge is 0.496 e. The van der Waals surface area contributed by atoms with Gasteiger partial charge in [0.2, 0.25) is 5.91 Å². The first-order valence-electron chi connectivity index (χ1n) is 8.63. The number of hydrazine groups is 1. The summed E-state index contributed by atoms with van der Waals surface area (Å²) >= 11 is 7.17. The molecule has 2 aromatic rings. The molecular formula is C18H20ClN5O3S. The third-order valence-electron chi connectivity index (χ3n) is 4.05. The number of ether oxygens (including phenoxy) is 1. The van der Waals surface area contributed by atoms with Crippen molar-refractivity contribution in [1.29, 1.82) is 0 Å². The second kappa shape index (κ2) is 9.11.